The number of carbonyl (C=O) groups excluding carboxylic acids is 1. The first-order valence-corrected chi connectivity index (χ1v) is 5.26. The average Bonchev–Trinajstić information content (AvgIpc) is 2.61. The lowest BCUT2D eigenvalue weighted by atomic mass is 10.1. The molecule has 1 aromatic carbocycles. The number of nitrogens with one attached hydrogen (secondary N) is 1. The van der Waals surface area contributed by atoms with Crippen molar-refractivity contribution in [3.63, 3.8) is 0 Å². The van der Waals surface area contributed by atoms with Crippen molar-refractivity contribution in [2.24, 2.45) is 0 Å². The van der Waals surface area contributed by atoms with E-state index in [0.717, 1.165) is 10.8 Å². The zero-order valence-electron chi connectivity index (χ0n) is 9.70. The Morgan fingerprint density at radius 2 is 2.00 bits per heavy atom. The summed E-state index contributed by atoms with van der Waals surface area (Å²) in [4.78, 5) is 14.9. The van der Waals surface area contributed by atoms with E-state index < -0.39 is 5.60 Å². The zero-order chi connectivity index (χ0) is 11.8. The van der Waals surface area contributed by atoms with Crippen LogP contribution in [0.2, 0.25) is 0 Å². The van der Waals surface area contributed by atoms with Crippen LogP contribution in [0.3, 0.4) is 0 Å². The van der Waals surface area contributed by atoms with Crippen LogP contribution in [-0.4, -0.2) is 16.6 Å². The lowest BCUT2D eigenvalue weighted by Crippen LogP contribution is -2.23. The van der Waals surface area contributed by atoms with Gasteiger partial charge < -0.3 is 9.72 Å². The second kappa shape index (κ2) is 3.67. The SMILES string of the molecule is CC(C)(C)OC(=O)c1cccc2c[nH]cc12. The van der Waals surface area contributed by atoms with Crippen molar-refractivity contribution in [2.75, 3.05) is 0 Å². The first-order chi connectivity index (χ1) is 7.47. The van der Waals surface area contributed by atoms with Gasteiger partial charge in [-0.05, 0) is 32.2 Å². The highest BCUT2D eigenvalue weighted by atomic mass is 16.6. The number of benzene rings is 1. The molecule has 0 atom stereocenters. The second-order valence-corrected chi connectivity index (χ2v) is 4.77. The van der Waals surface area contributed by atoms with Gasteiger partial charge in [-0.3, -0.25) is 0 Å². The Morgan fingerprint density at radius 1 is 1.25 bits per heavy atom. The molecular formula is C13H15NO2. The van der Waals surface area contributed by atoms with Crippen LogP contribution in [0, 0.1) is 0 Å². The quantitative estimate of drug-likeness (QED) is 0.746. The number of ether oxygens (including phenoxy) is 1. The van der Waals surface area contributed by atoms with E-state index in [1.807, 2.05) is 45.3 Å². The van der Waals surface area contributed by atoms with Crippen molar-refractivity contribution in [1.82, 2.24) is 4.98 Å². The van der Waals surface area contributed by atoms with E-state index in [0.29, 0.717) is 5.56 Å². The van der Waals surface area contributed by atoms with Gasteiger partial charge in [0.1, 0.15) is 5.60 Å². The second-order valence-electron chi connectivity index (χ2n) is 4.77. The number of H-pyrrole nitrogens is 1. The Morgan fingerprint density at radius 3 is 2.69 bits per heavy atom. The van der Waals surface area contributed by atoms with Gasteiger partial charge in [0.25, 0.3) is 0 Å². The maximum Gasteiger partial charge on any atom is 0.339 e. The van der Waals surface area contributed by atoms with Crippen LogP contribution in [0.25, 0.3) is 10.8 Å². The number of esters is 1. The third-order valence-electron chi connectivity index (χ3n) is 2.23. The monoisotopic (exact) mass is 217 g/mol. The Hall–Kier alpha value is -1.77. The van der Waals surface area contributed by atoms with Crippen molar-refractivity contribution in [3.05, 3.63) is 36.2 Å². The molecule has 0 spiro atoms. The van der Waals surface area contributed by atoms with E-state index in [-0.39, 0.29) is 5.97 Å². The average molecular weight is 217 g/mol. The summed E-state index contributed by atoms with van der Waals surface area (Å²) in [5.41, 5.74) is 0.143. The van der Waals surface area contributed by atoms with Crippen LogP contribution >= 0.6 is 0 Å². The molecule has 84 valence electrons. The highest BCUT2D eigenvalue weighted by molar-refractivity contribution is 6.04. The van der Waals surface area contributed by atoms with E-state index in [4.69, 9.17) is 4.74 Å². The normalized spacial score (nSPS) is 11.7. The van der Waals surface area contributed by atoms with Gasteiger partial charge in [0.05, 0.1) is 5.56 Å². The van der Waals surface area contributed by atoms with Crippen molar-refractivity contribution in [1.29, 1.82) is 0 Å². The molecule has 0 amide bonds. The molecule has 1 aromatic heterocycles. The molecule has 16 heavy (non-hydrogen) atoms. The molecular weight excluding hydrogens is 202 g/mol. The summed E-state index contributed by atoms with van der Waals surface area (Å²) in [6, 6.07) is 5.60. The fraction of sp³-hybridized carbons (Fsp3) is 0.308. The van der Waals surface area contributed by atoms with E-state index in [9.17, 15) is 4.79 Å². The fourth-order valence-corrected chi connectivity index (χ4v) is 1.60. The molecule has 0 aliphatic rings. The molecule has 0 fully saturated rings. The maximum atomic E-state index is 11.9. The molecule has 3 heteroatoms. The Kier molecular flexibility index (Phi) is 2.46. The molecule has 0 aliphatic carbocycles. The summed E-state index contributed by atoms with van der Waals surface area (Å²) in [6.07, 6.45) is 3.68. The lowest BCUT2D eigenvalue weighted by Gasteiger charge is -2.19. The van der Waals surface area contributed by atoms with Gasteiger partial charge in [-0.2, -0.15) is 0 Å². The molecule has 0 saturated heterocycles. The summed E-state index contributed by atoms with van der Waals surface area (Å²) in [5.74, 6) is -0.280. The Balaban J connectivity index is 2.40. The first kappa shape index (κ1) is 10.7. The summed E-state index contributed by atoms with van der Waals surface area (Å²) in [5, 5.41) is 1.92. The van der Waals surface area contributed by atoms with Gasteiger partial charge in [0.2, 0.25) is 0 Å². The van der Waals surface area contributed by atoms with Crippen molar-refractivity contribution in [3.8, 4) is 0 Å². The van der Waals surface area contributed by atoms with Gasteiger partial charge in [0.15, 0.2) is 0 Å². The predicted octanol–water partition coefficient (Wildman–Crippen LogP) is 3.12. The standard InChI is InChI=1S/C13H15NO2/c1-13(2,3)16-12(15)10-6-4-5-9-7-14-8-11(9)10/h4-8,14H,1-3H3. The summed E-state index contributed by atoms with van der Waals surface area (Å²) in [7, 11) is 0. The minimum Gasteiger partial charge on any atom is -0.456 e. The van der Waals surface area contributed by atoms with Crippen LogP contribution in [0.5, 0.6) is 0 Å². The Bertz CT molecular complexity index is 520. The van der Waals surface area contributed by atoms with Crippen molar-refractivity contribution >= 4 is 16.7 Å². The summed E-state index contributed by atoms with van der Waals surface area (Å²) < 4.78 is 5.35. The molecule has 0 radical (unpaired) electrons. The molecule has 2 rings (SSSR count). The number of hydrogen-bond acceptors (Lipinski definition) is 2. The van der Waals surface area contributed by atoms with E-state index >= 15 is 0 Å². The van der Waals surface area contributed by atoms with E-state index in [1.165, 1.54) is 0 Å². The molecule has 3 nitrogen and oxygen atoms in total. The van der Waals surface area contributed by atoms with Crippen molar-refractivity contribution in [2.45, 2.75) is 26.4 Å². The lowest BCUT2D eigenvalue weighted by molar-refractivity contribution is 0.00719. The van der Waals surface area contributed by atoms with Gasteiger partial charge in [-0.15, -0.1) is 0 Å². The van der Waals surface area contributed by atoms with Gasteiger partial charge in [-0.25, -0.2) is 4.79 Å². The third-order valence-corrected chi connectivity index (χ3v) is 2.23. The fourth-order valence-electron chi connectivity index (χ4n) is 1.60. The third kappa shape index (κ3) is 2.08. The topological polar surface area (TPSA) is 42.1 Å². The van der Waals surface area contributed by atoms with E-state index in [2.05, 4.69) is 4.98 Å². The number of hydrogen-bond donors (Lipinski definition) is 1. The summed E-state index contributed by atoms with van der Waals surface area (Å²) in [6.45, 7) is 5.59. The van der Waals surface area contributed by atoms with Gasteiger partial charge in [0, 0.05) is 17.8 Å². The van der Waals surface area contributed by atoms with Crippen LogP contribution in [0.1, 0.15) is 31.1 Å². The van der Waals surface area contributed by atoms with Crippen molar-refractivity contribution < 1.29 is 9.53 Å². The largest absolute Gasteiger partial charge is 0.456 e. The molecule has 0 aliphatic heterocycles. The highest BCUT2D eigenvalue weighted by Gasteiger charge is 2.19. The maximum absolute atomic E-state index is 11.9. The number of aromatic amines is 1. The molecule has 0 saturated carbocycles. The minimum atomic E-state index is -0.463. The number of carbonyl (C=O) groups is 1. The summed E-state index contributed by atoms with van der Waals surface area (Å²) >= 11 is 0. The predicted molar refractivity (Wildman–Crippen MR) is 63.5 cm³/mol. The zero-order valence-corrected chi connectivity index (χ0v) is 9.70. The molecule has 1 N–H and O–H groups in total. The highest BCUT2D eigenvalue weighted by Crippen LogP contribution is 2.20. The number of fused-ring (bicyclic) bond motifs is 1. The molecule has 2 aromatic rings. The van der Waals surface area contributed by atoms with Gasteiger partial charge >= 0.3 is 5.97 Å². The number of aromatic nitrogens is 1. The first-order valence-electron chi connectivity index (χ1n) is 5.26. The van der Waals surface area contributed by atoms with Crippen LogP contribution in [0.4, 0.5) is 0 Å². The molecule has 0 unspecified atom stereocenters. The van der Waals surface area contributed by atoms with Crippen LogP contribution in [-0.2, 0) is 4.74 Å². The smallest absolute Gasteiger partial charge is 0.339 e. The molecule has 1 heterocycles. The van der Waals surface area contributed by atoms with E-state index in [1.54, 1.807) is 6.07 Å². The Labute approximate surface area is 94.4 Å². The van der Waals surface area contributed by atoms with Crippen LogP contribution < -0.4 is 0 Å². The molecule has 0 bridgehead atoms. The minimum absolute atomic E-state index is 0.280. The number of rotatable bonds is 1. The van der Waals surface area contributed by atoms with Gasteiger partial charge in [-0.1, -0.05) is 12.1 Å². The van der Waals surface area contributed by atoms with Crippen LogP contribution in [0.15, 0.2) is 30.6 Å².